The number of aromatic carboxylic acids is 1. The number of hydrogen-bond acceptors (Lipinski definition) is 4. The van der Waals surface area contributed by atoms with Crippen molar-refractivity contribution in [3.63, 3.8) is 0 Å². The zero-order valence-electron chi connectivity index (χ0n) is 10.5. The third-order valence-corrected chi connectivity index (χ3v) is 2.20. The largest absolute Gasteiger partial charge is 0.477 e. The van der Waals surface area contributed by atoms with Crippen LogP contribution in [-0.2, 0) is 0 Å². The van der Waals surface area contributed by atoms with Gasteiger partial charge < -0.3 is 15.1 Å². The number of carbonyl (C=O) groups excluding carboxylic acids is 1. The third-order valence-electron chi connectivity index (χ3n) is 2.20. The Labute approximate surface area is 105 Å². The summed E-state index contributed by atoms with van der Waals surface area (Å²) >= 11 is 0. The Hall–Kier alpha value is -1.95. The van der Waals surface area contributed by atoms with Crippen molar-refractivity contribution in [1.82, 2.24) is 9.88 Å². The van der Waals surface area contributed by atoms with Gasteiger partial charge in [-0.3, -0.25) is 4.79 Å². The van der Waals surface area contributed by atoms with E-state index in [9.17, 15) is 14.7 Å². The maximum atomic E-state index is 11.9. The molecular weight excluding hydrogens is 236 g/mol. The van der Waals surface area contributed by atoms with Crippen molar-refractivity contribution >= 4 is 11.9 Å². The normalized spacial score (nSPS) is 11.1. The molecule has 6 nitrogen and oxygen atoms in total. The summed E-state index contributed by atoms with van der Waals surface area (Å²) in [5.41, 5.74) is -0.817. The molecule has 18 heavy (non-hydrogen) atoms. The highest BCUT2D eigenvalue weighted by molar-refractivity contribution is 5.94. The minimum atomic E-state index is -1.14. The Bertz CT molecular complexity index is 448. The molecule has 2 N–H and O–H groups in total. The van der Waals surface area contributed by atoms with Crippen molar-refractivity contribution in [3.05, 3.63) is 29.6 Å². The summed E-state index contributed by atoms with van der Waals surface area (Å²) in [7, 11) is 1.56. The quantitative estimate of drug-likeness (QED) is 0.819. The van der Waals surface area contributed by atoms with E-state index >= 15 is 0 Å². The molecule has 0 saturated carbocycles. The number of aliphatic hydroxyl groups is 1. The Morgan fingerprint density at radius 3 is 2.39 bits per heavy atom. The van der Waals surface area contributed by atoms with Gasteiger partial charge in [-0.25, -0.2) is 9.78 Å². The van der Waals surface area contributed by atoms with E-state index in [2.05, 4.69) is 4.98 Å². The minimum absolute atomic E-state index is 0.114. The standard InChI is InChI=1S/C12H16N2O4/c1-12(2,18)7-14(3)10(15)8-4-5-9(11(16)17)13-6-8/h4-6,18H,7H2,1-3H3,(H,16,17). The average molecular weight is 252 g/mol. The van der Waals surface area contributed by atoms with Gasteiger partial charge in [0.15, 0.2) is 0 Å². The van der Waals surface area contributed by atoms with E-state index in [1.54, 1.807) is 20.9 Å². The smallest absolute Gasteiger partial charge is 0.354 e. The lowest BCUT2D eigenvalue weighted by Crippen LogP contribution is -2.39. The van der Waals surface area contributed by atoms with Gasteiger partial charge in [-0.05, 0) is 26.0 Å². The predicted molar refractivity (Wildman–Crippen MR) is 64.5 cm³/mol. The van der Waals surface area contributed by atoms with Gasteiger partial charge in [0, 0.05) is 19.8 Å². The van der Waals surface area contributed by atoms with Crippen LogP contribution >= 0.6 is 0 Å². The Balaban J connectivity index is 2.81. The Morgan fingerprint density at radius 1 is 1.39 bits per heavy atom. The first-order valence-corrected chi connectivity index (χ1v) is 5.38. The SMILES string of the molecule is CN(CC(C)(C)O)C(=O)c1ccc(C(=O)O)nc1. The second-order valence-corrected chi connectivity index (χ2v) is 4.71. The summed E-state index contributed by atoms with van der Waals surface area (Å²) in [6.45, 7) is 3.37. The molecule has 0 atom stereocenters. The molecule has 0 aliphatic carbocycles. The van der Waals surface area contributed by atoms with Gasteiger partial charge >= 0.3 is 5.97 Å². The highest BCUT2D eigenvalue weighted by Gasteiger charge is 2.20. The van der Waals surface area contributed by atoms with E-state index in [1.165, 1.54) is 23.2 Å². The highest BCUT2D eigenvalue weighted by Crippen LogP contribution is 2.08. The first kappa shape index (κ1) is 14.1. The van der Waals surface area contributed by atoms with Crippen molar-refractivity contribution in [2.45, 2.75) is 19.4 Å². The van der Waals surface area contributed by atoms with Crippen LogP contribution in [0.4, 0.5) is 0 Å². The number of rotatable bonds is 4. The van der Waals surface area contributed by atoms with Crippen LogP contribution in [0.25, 0.3) is 0 Å². The monoisotopic (exact) mass is 252 g/mol. The molecule has 0 radical (unpaired) electrons. The van der Waals surface area contributed by atoms with E-state index in [4.69, 9.17) is 5.11 Å². The van der Waals surface area contributed by atoms with Crippen molar-refractivity contribution in [3.8, 4) is 0 Å². The second kappa shape index (κ2) is 5.14. The van der Waals surface area contributed by atoms with Crippen molar-refractivity contribution in [1.29, 1.82) is 0 Å². The number of aromatic nitrogens is 1. The zero-order chi connectivity index (χ0) is 13.9. The van der Waals surface area contributed by atoms with Gasteiger partial charge in [-0.2, -0.15) is 0 Å². The first-order chi connectivity index (χ1) is 8.20. The molecular formula is C12H16N2O4. The van der Waals surface area contributed by atoms with Gasteiger partial charge in [0.05, 0.1) is 11.2 Å². The summed E-state index contributed by atoms with van der Waals surface area (Å²) in [4.78, 5) is 27.6. The van der Waals surface area contributed by atoms with Crippen LogP contribution in [0.1, 0.15) is 34.7 Å². The molecule has 0 unspecified atom stereocenters. The number of pyridine rings is 1. The van der Waals surface area contributed by atoms with E-state index in [1.807, 2.05) is 0 Å². The van der Waals surface area contributed by atoms with Crippen LogP contribution in [0, 0.1) is 0 Å². The molecule has 0 spiro atoms. The van der Waals surface area contributed by atoms with E-state index in [-0.39, 0.29) is 23.7 Å². The summed E-state index contributed by atoms with van der Waals surface area (Å²) in [5, 5.41) is 18.3. The summed E-state index contributed by atoms with van der Waals surface area (Å²) in [6.07, 6.45) is 1.21. The topological polar surface area (TPSA) is 90.7 Å². The lowest BCUT2D eigenvalue weighted by molar-refractivity contribution is 0.0367. The van der Waals surface area contributed by atoms with Crippen LogP contribution in [0.2, 0.25) is 0 Å². The Morgan fingerprint density at radius 2 is 2.00 bits per heavy atom. The fourth-order valence-electron chi connectivity index (χ4n) is 1.52. The fraction of sp³-hybridized carbons (Fsp3) is 0.417. The molecule has 6 heteroatoms. The number of nitrogens with zero attached hydrogens (tertiary/aromatic N) is 2. The van der Waals surface area contributed by atoms with Crippen molar-refractivity contribution in [2.24, 2.45) is 0 Å². The average Bonchev–Trinajstić information content (AvgIpc) is 2.26. The summed E-state index contributed by atoms with van der Waals surface area (Å²) in [6, 6.07) is 2.67. The van der Waals surface area contributed by atoms with Gasteiger partial charge in [-0.1, -0.05) is 0 Å². The van der Waals surface area contributed by atoms with Gasteiger partial charge in [0.25, 0.3) is 5.91 Å². The predicted octanol–water partition coefficient (Wildman–Crippen LogP) is 0.623. The van der Waals surface area contributed by atoms with Gasteiger partial charge in [0.1, 0.15) is 5.69 Å². The molecule has 0 aromatic carbocycles. The summed E-state index contributed by atoms with van der Waals surface area (Å²) in [5.74, 6) is -1.46. The maximum absolute atomic E-state index is 11.9. The Kier molecular flexibility index (Phi) is 4.03. The van der Waals surface area contributed by atoms with Crippen LogP contribution in [0.3, 0.4) is 0 Å². The van der Waals surface area contributed by atoms with Crippen molar-refractivity contribution in [2.75, 3.05) is 13.6 Å². The van der Waals surface area contributed by atoms with Crippen molar-refractivity contribution < 1.29 is 19.8 Å². The molecule has 0 saturated heterocycles. The molecule has 98 valence electrons. The van der Waals surface area contributed by atoms with E-state index in [0.29, 0.717) is 0 Å². The molecule has 1 aromatic heterocycles. The molecule has 0 aliphatic rings. The van der Waals surface area contributed by atoms with Crippen LogP contribution < -0.4 is 0 Å². The van der Waals surface area contributed by atoms with Crippen LogP contribution in [0.15, 0.2) is 18.3 Å². The molecule has 0 fully saturated rings. The van der Waals surface area contributed by atoms with Crippen LogP contribution in [-0.4, -0.2) is 51.2 Å². The molecule has 1 amide bonds. The lowest BCUT2D eigenvalue weighted by Gasteiger charge is -2.25. The first-order valence-electron chi connectivity index (χ1n) is 5.38. The molecule has 1 aromatic rings. The maximum Gasteiger partial charge on any atom is 0.354 e. The molecule has 0 aliphatic heterocycles. The van der Waals surface area contributed by atoms with Crippen LogP contribution in [0.5, 0.6) is 0 Å². The van der Waals surface area contributed by atoms with E-state index in [0.717, 1.165) is 0 Å². The molecule has 0 bridgehead atoms. The number of likely N-dealkylation sites (N-methyl/N-ethyl adjacent to an activating group) is 1. The number of hydrogen-bond donors (Lipinski definition) is 2. The lowest BCUT2D eigenvalue weighted by atomic mass is 10.1. The number of carboxylic acids is 1. The highest BCUT2D eigenvalue weighted by atomic mass is 16.4. The van der Waals surface area contributed by atoms with Gasteiger partial charge in [0.2, 0.25) is 0 Å². The molecule has 1 heterocycles. The number of amides is 1. The fourth-order valence-corrected chi connectivity index (χ4v) is 1.52. The third kappa shape index (κ3) is 3.81. The number of carbonyl (C=O) groups is 2. The molecule has 1 rings (SSSR count). The summed E-state index contributed by atoms with van der Waals surface area (Å²) < 4.78 is 0. The minimum Gasteiger partial charge on any atom is -0.477 e. The van der Waals surface area contributed by atoms with Gasteiger partial charge in [-0.15, -0.1) is 0 Å². The van der Waals surface area contributed by atoms with E-state index < -0.39 is 11.6 Å². The number of carboxylic acid groups (broad SMARTS) is 1. The second-order valence-electron chi connectivity index (χ2n) is 4.71. The zero-order valence-corrected chi connectivity index (χ0v) is 10.5.